The number of para-hydroxylation sites is 2. The predicted octanol–water partition coefficient (Wildman–Crippen LogP) is 5.29. The minimum absolute atomic E-state index is 0.563. The summed E-state index contributed by atoms with van der Waals surface area (Å²) in [5, 5.41) is 8.49. The van der Waals surface area contributed by atoms with Crippen LogP contribution in [0, 0.1) is 0 Å². The number of nitrogens with zero attached hydrogens (tertiary/aromatic N) is 3. The summed E-state index contributed by atoms with van der Waals surface area (Å²) < 4.78 is 11.2. The first kappa shape index (κ1) is 16.7. The fourth-order valence-corrected chi connectivity index (χ4v) is 2.37. The van der Waals surface area contributed by atoms with Gasteiger partial charge >= 0.3 is 0 Å². The monoisotopic (exact) mass is 336 g/mol. The van der Waals surface area contributed by atoms with E-state index in [1.807, 2.05) is 62.4 Å². The molecule has 0 radical (unpaired) electrons. The van der Waals surface area contributed by atoms with Crippen molar-refractivity contribution in [2.75, 3.05) is 13.2 Å². The molecule has 0 aliphatic rings. The standard InChI is InChI=1S/C19H20N4O2/c1-3-24-16-11-7-5-9-14(16)19-20-13-18(21-19)23-22-15-10-6-8-12-17(15)25-4-2/h5-13H,3-4H2,1-2H3,(H,20,21). The van der Waals surface area contributed by atoms with Crippen molar-refractivity contribution in [2.45, 2.75) is 13.8 Å². The van der Waals surface area contributed by atoms with Crippen molar-refractivity contribution < 1.29 is 9.47 Å². The van der Waals surface area contributed by atoms with E-state index in [1.165, 1.54) is 0 Å². The Kier molecular flexibility index (Phi) is 5.41. The second-order valence-electron chi connectivity index (χ2n) is 5.15. The Morgan fingerprint density at radius 3 is 2.36 bits per heavy atom. The fourth-order valence-electron chi connectivity index (χ4n) is 2.37. The van der Waals surface area contributed by atoms with Crippen molar-refractivity contribution in [2.24, 2.45) is 10.2 Å². The van der Waals surface area contributed by atoms with Gasteiger partial charge in [-0.3, -0.25) is 0 Å². The topological polar surface area (TPSA) is 71.9 Å². The lowest BCUT2D eigenvalue weighted by Gasteiger charge is -2.07. The molecule has 1 N–H and O–H groups in total. The third kappa shape index (κ3) is 4.03. The highest BCUT2D eigenvalue weighted by Crippen LogP contribution is 2.31. The number of nitrogens with one attached hydrogen (secondary N) is 1. The van der Waals surface area contributed by atoms with E-state index < -0.39 is 0 Å². The van der Waals surface area contributed by atoms with Gasteiger partial charge in [0, 0.05) is 0 Å². The number of imidazole rings is 1. The molecule has 3 rings (SSSR count). The molecule has 0 unspecified atom stereocenters. The molecule has 6 heteroatoms. The number of aromatic amines is 1. The van der Waals surface area contributed by atoms with E-state index in [1.54, 1.807) is 6.20 Å². The molecule has 0 amide bonds. The van der Waals surface area contributed by atoms with Gasteiger partial charge in [-0.1, -0.05) is 24.3 Å². The summed E-state index contributed by atoms with van der Waals surface area (Å²) in [5.74, 6) is 2.74. The van der Waals surface area contributed by atoms with E-state index in [4.69, 9.17) is 9.47 Å². The maximum absolute atomic E-state index is 5.64. The van der Waals surface area contributed by atoms with Crippen molar-refractivity contribution in [3.8, 4) is 22.9 Å². The number of hydrogen-bond acceptors (Lipinski definition) is 5. The summed E-state index contributed by atoms with van der Waals surface area (Å²) in [6.07, 6.45) is 1.64. The van der Waals surface area contributed by atoms with E-state index in [2.05, 4.69) is 20.2 Å². The van der Waals surface area contributed by atoms with Crippen molar-refractivity contribution in [3.05, 3.63) is 54.7 Å². The minimum atomic E-state index is 0.563. The van der Waals surface area contributed by atoms with E-state index in [0.29, 0.717) is 36.3 Å². The van der Waals surface area contributed by atoms with Gasteiger partial charge in [0.05, 0.1) is 25.0 Å². The third-order valence-electron chi connectivity index (χ3n) is 3.43. The molecule has 2 aromatic carbocycles. The average Bonchev–Trinajstić information content (AvgIpc) is 3.11. The number of aromatic nitrogens is 2. The van der Waals surface area contributed by atoms with Gasteiger partial charge in [0.25, 0.3) is 0 Å². The van der Waals surface area contributed by atoms with Crippen LogP contribution in [0.4, 0.5) is 11.5 Å². The van der Waals surface area contributed by atoms with E-state index in [9.17, 15) is 0 Å². The van der Waals surface area contributed by atoms with Crippen LogP contribution in [0.15, 0.2) is 65.0 Å². The van der Waals surface area contributed by atoms with Crippen molar-refractivity contribution in [1.29, 1.82) is 0 Å². The SMILES string of the molecule is CCOc1ccccc1N=Nc1cnc(-c2ccccc2OCC)[nH]1. The molecule has 1 heterocycles. The van der Waals surface area contributed by atoms with E-state index >= 15 is 0 Å². The lowest BCUT2D eigenvalue weighted by atomic mass is 10.2. The molecule has 0 saturated carbocycles. The second-order valence-corrected chi connectivity index (χ2v) is 5.15. The molecule has 128 valence electrons. The second kappa shape index (κ2) is 8.10. The average molecular weight is 336 g/mol. The van der Waals surface area contributed by atoms with Gasteiger partial charge in [-0.15, -0.1) is 10.2 Å². The molecular weight excluding hydrogens is 316 g/mol. The van der Waals surface area contributed by atoms with Gasteiger partial charge in [0.1, 0.15) is 23.0 Å². The van der Waals surface area contributed by atoms with Crippen LogP contribution in [0.25, 0.3) is 11.4 Å². The zero-order chi connectivity index (χ0) is 17.5. The smallest absolute Gasteiger partial charge is 0.172 e. The summed E-state index contributed by atoms with van der Waals surface area (Å²) >= 11 is 0. The van der Waals surface area contributed by atoms with Gasteiger partial charge in [-0.05, 0) is 38.1 Å². The minimum Gasteiger partial charge on any atom is -0.493 e. The first-order chi connectivity index (χ1) is 12.3. The Balaban J connectivity index is 1.83. The molecule has 0 fully saturated rings. The zero-order valence-corrected chi connectivity index (χ0v) is 14.3. The lowest BCUT2D eigenvalue weighted by molar-refractivity contribution is 0.341. The van der Waals surface area contributed by atoms with Crippen molar-refractivity contribution in [1.82, 2.24) is 9.97 Å². The first-order valence-corrected chi connectivity index (χ1v) is 8.22. The normalized spacial score (nSPS) is 11.0. The molecule has 0 aliphatic carbocycles. The number of azo groups is 1. The highest BCUT2D eigenvalue weighted by atomic mass is 16.5. The Labute approximate surface area is 146 Å². The molecule has 0 saturated heterocycles. The molecule has 6 nitrogen and oxygen atoms in total. The van der Waals surface area contributed by atoms with Crippen LogP contribution >= 0.6 is 0 Å². The van der Waals surface area contributed by atoms with Crippen molar-refractivity contribution in [3.63, 3.8) is 0 Å². The first-order valence-electron chi connectivity index (χ1n) is 8.22. The fraction of sp³-hybridized carbons (Fsp3) is 0.211. The van der Waals surface area contributed by atoms with Crippen molar-refractivity contribution >= 4 is 11.5 Å². The van der Waals surface area contributed by atoms with Crippen LogP contribution in [0.5, 0.6) is 11.5 Å². The number of H-pyrrole nitrogens is 1. The Morgan fingerprint density at radius 2 is 1.56 bits per heavy atom. The molecule has 25 heavy (non-hydrogen) atoms. The van der Waals surface area contributed by atoms with Gasteiger partial charge in [0.15, 0.2) is 5.82 Å². The molecule has 0 aliphatic heterocycles. The number of hydrogen-bond donors (Lipinski definition) is 1. The maximum atomic E-state index is 5.64. The molecule has 3 aromatic rings. The summed E-state index contributed by atoms with van der Waals surface area (Å²) in [6, 6.07) is 15.3. The third-order valence-corrected chi connectivity index (χ3v) is 3.43. The van der Waals surface area contributed by atoms with Crippen LogP contribution in [-0.2, 0) is 0 Å². The molecule has 0 spiro atoms. The molecular formula is C19H20N4O2. The van der Waals surface area contributed by atoms with Gasteiger partial charge < -0.3 is 14.5 Å². The van der Waals surface area contributed by atoms with Crippen LogP contribution in [0.2, 0.25) is 0 Å². The highest BCUT2D eigenvalue weighted by molar-refractivity contribution is 5.65. The van der Waals surface area contributed by atoms with Crippen LogP contribution in [-0.4, -0.2) is 23.2 Å². The van der Waals surface area contributed by atoms with Crippen LogP contribution in [0.1, 0.15) is 13.8 Å². The number of ether oxygens (including phenoxy) is 2. The Bertz CT molecular complexity index is 858. The highest BCUT2D eigenvalue weighted by Gasteiger charge is 2.09. The zero-order valence-electron chi connectivity index (χ0n) is 14.3. The van der Waals surface area contributed by atoms with Crippen LogP contribution in [0.3, 0.4) is 0 Å². The van der Waals surface area contributed by atoms with Gasteiger partial charge in [0.2, 0.25) is 0 Å². The number of rotatable bonds is 7. The largest absolute Gasteiger partial charge is 0.493 e. The predicted molar refractivity (Wildman–Crippen MR) is 97.0 cm³/mol. The van der Waals surface area contributed by atoms with Gasteiger partial charge in [-0.25, -0.2) is 4.98 Å². The maximum Gasteiger partial charge on any atom is 0.172 e. The lowest BCUT2D eigenvalue weighted by Crippen LogP contribution is -1.94. The Morgan fingerprint density at radius 1 is 0.880 bits per heavy atom. The molecule has 1 aromatic heterocycles. The van der Waals surface area contributed by atoms with E-state index in [0.717, 1.165) is 11.3 Å². The number of benzene rings is 2. The summed E-state index contributed by atoms with van der Waals surface area (Å²) in [6.45, 7) is 5.06. The van der Waals surface area contributed by atoms with Crippen LogP contribution < -0.4 is 9.47 Å². The van der Waals surface area contributed by atoms with Gasteiger partial charge in [-0.2, -0.15) is 0 Å². The molecule has 0 bridgehead atoms. The summed E-state index contributed by atoms with van der Waals surface area (Å²) in [7, 11) is 0. The summed E-state index contributed by atoms with van der Waals surface area (Å²) in [5.41, 5.74) is 1.57. The molecule has 0 atom stereocenters. The summed E-state index contributed by atoms with van der Waals surface area (Å²) in [4.78, 5) is 7.54. The Hall–Kier alpha value is -3.15. The van der Waals surface area contributed by atoms with E-state index in [-0.39, 0.29) is 0 Å². The quantitative estimate of drug-likeness (QED) is 0.596.